The van der Waals surface area contributed by atoms with E-state index in [0.29, 0.717) is 6.54 Å². The van der Waals surface area contributed by atoms with Gasteiger partial charge < -0.3 is 10.4 Å². The molecular weight excluding hydrogens is 238 g/mol. The molecule has 2 unspecified atom stereocenters. The molecule has 1 aliphatic rings. The van der Waals surface area contributed by atoms with Crippen LogP contribution in [0.3, 0.4) is 0 Å². The lowest BCUT2D eigenvalue weighted by Crippen LogP contribution is -2.15. The Kier molecular flexibility index (Phi) is 2.50. The molecule has 1 aliphatic heterocycles. The second kappa shape index (κ2) is 3.46. The molecular formula is C8H10BrNOS. The number of hydrogen-bond donors (Lipinski definition) is 2. The maximum absolute atomic E-state index is 9.61. The molecule has 66 valence electrons. The molecule has 0 radical (unpaired) electrons. The molecule has 2 heterocycles. The molecule has 2 atom stereocenters. The fourth-order valence-corrected chi connectivity index (χ4v) is 3.19. The maximum Gasteiger partial charge on any atom is 0.0745 e. The van der Waals surface area contributed by atoms with E-state index in [1.165, 1.54) is 5.56 Å². The molecule has 4 heteroatoms. The molecule has 0 aromatic carbocycles. The number of thiophene rings is 1. The van der Waals surface area contributed by atoms with E-state index < -0.39 is 0 Å². The highest BCUT2D eigenvalue weighted by atomic mass is 79.9. The van der Waals surface area contributed by atoms with E-state index in [1.807, 2.05) is 0 Å². The molecule has 1 saturated heterocycles. The lowest BCUT2D eigenvalue weighted by Gasteiger charge is -2.11. The van der Waals surface area contributed by atoms with Crippen molar-refractivity contribution in [3.05, 3.63) is 20.8 Å². The lowest BCUT2D eigenvalue weighted by atomic mass is 10.00. The van der Waals surface area contributed by atoms with E-state index in [9.17, 15) is 5.11 Å². The van der Waals surface area contributed by atoms with Crippen molar-refractivity contribution >= 4 is 27.3 Å². The van der Waals surface area contributed by atoms with Crippen LogP contribution in [-0.2, 0) is 0 Å². The van der Waals surface area contributed by atoms with Crippen molar-refractivity contribution in [1.29, 1.82) is 0 Å². The van der Waals surface area contributed by atoms with Gasteiger partial charge in [-0.1, -0.05) is 0 Å². The quantitative estimate of drug-likeness (QED) is 0.790. The first-order valence-electron chi connectivity index (χ1n) is 3.89. The monoisotopic (exact) mass is 247 g/mol. The molecule has 1 fully saturated rings. The van der Waals surface area contributed by atoms with Gasteiger partial charge in [0.05, 0.1) is 6.10 Å². The van der Waals surface area contributed by atoms with Crippen LogP contribution in [0.5, 0.6) is 0 Å². The van der Waals surface area contributed by atoms with Crippen LogP contribution in [0.15, 0.2) is 15.2 Å². The molecule has 0 bridgehead atoms. The predicted octanol–water partition coefficient (Wildman–Crippen LogP) is 1.56. The van der Waals surface area contributed by atoms with Crippen molar-refractivity contribution in [2.45, 2.75) is 12.0 Å². The average Bonchev–Trinajstić information content (AvgIpc) is 2.59. The number of hydrogen-bond acceptors (Lipinski definition) is 3. The first-order chi connectivity index (χ1) is 5.79. The minimum Gasteiger partial charge on any atom is -0.391 e. The SMILES string of the molecule is OC1CNCC1c1cscc1Br. The molecule has 1 aromatic rings. The molecule has 1 aromatic heterocycles. The molecule has 2 N–H and O–H groups in total. The van der Waals surface area contributed by atoms with Crippen molar-refractivity contribution in [3.63, 3.8) is 0 Å². The van der Waals surface area contributed by atoms with Crippen molar-refractivity contribution in [2.24, 2.45) is 0 Å². The van der Waals surface area contributed by atoms with Gasteiger partial charge in [0.1, 0.15) is 0 Å². The van der Waals surface area contributed by atoms with Crippen LogP contribution in [-0.4, -0.2) is 24.3 Å². The van der Waals surface area contributed by atoms with Crippen molar-refractivity contribution < 1.29 is 5.11 Å². The number of rotatable bonds is 1. The summed E-state index contributed by atoms with van der Waals surface area (Å²) in [5.41, 5.74) is 1.23. The van der Waals surface area contributed by atoms with Gasteiger partial charge >= 0.3 is 0 Å². The third kappa shape index (κ3) is 1.44. The normalized spacial score (nSPS) is 29.5. The van der Waals surface area contributed by atoms with E-state index in [4.69, 9.17) is 0 Å². The van der Waals surface area contributed by atoms with Crippen molar-refractivity contribution in [3.8, 4) is 0 Å². The zero-order valence-electron chi connectivity index (χ0n) is 6.46. The Bertz CT molecular complexity index is 276. The number of aliphatic hydroxyl groups is 1. The van der Waals surface area contributed by atoms with Gasteiger partial charge in [0, 0.05) is 28.9 Å². The van der Waals surface area contributed by atoms with Crippen LogP contribution < -0.4 is 5.32 Å². The fraction of sp³-hybridized carbons (Fsp3) is 0.500. The van der Waals surface area contributed by atoms with E-state index in [2.05, 4.69) is 32.0 Å². The maximum atomic E-state index is 9.61. The Morgan fingerprint density at radius 1 is 1.50 bits per heavy atom. The highest BCUT2D eigenvalue weighted by molar-refractivity contribution is 9.10. The summed E-state index contributed by atoms with van der Waals surface area (Å²) in [4.78, 5) is 0. The number of halogens is 1. The topological polar surface area (TPSA) is 32.3 Å². The van der Waals surface area contributed by atoms with Gasteiger partial charge in [0.2, 0.25) is 0 Å². The summed E-state index contributed by atoms with van der Waals surface area (Å²) >= 11 is 5.14. The number of β-amino-alcohol motifs (C(OH)–C–C–N with tert-alkyl or cyclic N) is 1. The third-order valence-corrected chi connectivity index (χ3v) is 3.98. The summed E-state index contributed by atoms with van der Waals surface area (Å²) in [7, 11) is 0. The third-order valence-electron chi connectivity index (χ3n) is 2.22. The van der Waals surface area contributed by atoms with Gasteiger partial charge in [0.25, 0.3) is 0 Å². The Balaban J connectivity index is 2.24. The van der Waals surface area contributed by atoms with E-state index in [1.54, 1.807) is 11.3 Å². The van der Waals surface area contributed by atoms with Gasteiger partial charge in [-0.3, -0.25) is 0 Å². The Hall–Kier alpha value is 0.100. The largest absolute Gasteiger partial charge is 0.391 e. The second-order valence-corrected chi connectivity index (χ2v) is 4.61. The van der Waals surface area contributed by atoms with Crippen LogP contribution in [0.4, 0.5) is 0 Å². The van der Waals surface area contributed by atoms with Gasteiger partial charge in [-0.05, 0) is 26.9 Å². The van der Waals surface area contributed by atoms with Crippen LogP contribution in [0.1, 0.15) is 11.5 Å². The average molecular weight is 248 g/mol. The summed E-state index contributed by atoms with van der Waals surface area (Å²) in [5.74, 6) is 0.269. The number of nitrogens with one attached hydrogen (secondary N) is 1. The van der Waals surface area contributed by atoms with Gasteiger partial charge in [-0.25, -0.2) is 0 Å². The summed E-state index contributed by atoms with van der Waals surface area (Å²) < 4.78 is 1.13. The lowest BCUT2D eigenvalue weighted by molar-refractivity contribution is 0.177. The van der Waals surface area contributed by atoms with Gasteiger partial charge in [0.15, 0.2) is 0 Å². The first-order valence-corrected chi connectivity index (χ1v) is 5.63. The van der Waals surface area contributed by atoms with Crippen LogP contribution in [0.2, 0.25) is 0 Å². The summed E-state index contributed by atoms with van der Waals surface area (Å²) in [5, 5.41) is 16.9. The molecule has 0 amide bonds. The summed E-state index contributed by atoms with van der Waals surface area (Å²) in [6.07, 6.45) is -0.226. The highest BCUT2D eigenvalue weighted by Gasteiger charge is 2.28. The fourth-order valence-electron chi connectivity index (χ4n) is 1.54. The molecule has 2 nitrogen and oxygen atoms in total. The zero-order chi connectivity index (χ0) is 8.55. The predicted molar refractivity (Wildman–Crippen MR) is 53.6 cm³/mol. The standard InChI is InChI=1S/C8H10BrNOS/c9-7-4-12-3-6(7)5-1-10-2-8(5)11/h3-5,8,10-11H,1-2H2. The Morgan fingerprint density at radius 2 is 2.33 bits per heavy atom. The van der Waals surface area contributed by atoms with Gasteiger partial charge in [-0.2, -0.15) is 11.3 Å². The molecule has 0 spiro atoms. The van der Waals surface area contributed by atoms with E-state index in [0.717, 1.165) is 11.0 Å². The van der Waals surface area contributed by atoms with Crippen molar-refractivity contribution in [1.82, 2.24) is 5.32 Å². The molecule has 12 heavy (non-hydrogen) atoms. The summed E-state index contributed by atoms with van der Waals surface area (Å²) in [6.45, 7) is 1.60. The molecule has 0 saturated carbocycles. The Labute approximate surface area is 83.7 Å². The second-order valence-electron chi connectivity index (χ2n) is 3.01. The van der Waals surface area contributed by atoms with Gasteiger partial charge in [-0.15, -0.1) is 0 Å². The molecule has 2 rings (SSSR count). The first kappa shape index (κ1) is 8.69. The van der Waals surface area contributed by atoms with E-state index in [-0.39, 0.29) is 12.0 Å². The smallest absolute Gasteiger partial charge is 0.0745 e. The minimum atomic E-state index is -0.226. The Morgan fingerprint density at radius 3 is 2.83 bits per heavy atom. The summed E-state index contributed by atoms with van der Waals surface area (Å²) in [6, 6.07) is 0. The van der Waals surface area contributed by atoms with Crippen LogP contribution in [0, 0.1) is 0 Å². The minimum absolute atomic E-state index is 0.226. The van der Waals surface area contributed by atoms with Crippen molar-refractivity contribution in [2.75, 3.05) is 13.1 Å². The van der Waals surface area contributed by atoms with E-state index >= 15 is 0 Å². The van der Waals surface area contributed by atoms with Crippen LogP contribution >= 0.6 is 27.3 Å². The number of aliphatic hydroxyl groups excluding tert-OH is 1. The molecule has 0 aliphatic carbocycles. The zero-order valence-corrected chi connectivity index (χ0v) is 8.86. The highest BCUT2D eigenvalue weighted by Crippen LogP contribution is 2.32. The van der Waals surface area contributed by atoms with Crippen LogP contribution in [0.25, 0.3) is 0 Å².